The van der Waals surface area contributed by atoms with Crippen molar-refractivity contribution in [2.45, 2.75) is 38.5 Å². The van der Waals surface area contributed by atoms with Crippen LogP contribution in [-0.4, -0.2) is 24.3 Å². The number of hydrogen-bond acceptors (Lipinski definition) is 3. The molecule has 0 fully saturated rings. The second-order valence-electron chi connectivity index (χ2n) is 5.89. The van der Waals surface area contributed by atoms with E-state index in [1.807, 2.05) is 0 Å². The summed E-state index contributed by atoms with van der Waals surface area (Å²) in [5.41, 5.74) is -0.628. The fraction of sp³-hybridized carbons (Fsp3) is 0.533. The van der Waals surface area contributed by atoms with Crippen LogP contribution in [0.25, 0.3) is 0 Å². The maximum atomic E-state index is 13.6. The van der Waals surface area contributed by atoms with Gasteiger partial charge in [-0.3, -0.25) is 4.79 Å². The van der Waals surface area contributed by atoms with E-state index in [9.17, 15) is 13.6 Å². The lowest BCUT2D eigenvalue weighted by Gasteiger charge is -2.30. The van der Waals surface area contributed by atoms with Crippen LogP contribution in [0.1, 0.15) is 38.3 Å². The smallest absolute Gasteiger partial charge is 0.304 e. The highest BCUT2D eigenvalue weighted by Gasteiger charge is 2.35. The van der Waals surface area contributed by atoms with Crippen molar-refractivity contribution in [1.29, 1.82) is 0 Å². The minimum atomic E-state index is -3.04. The Balaban J connectivity index is 2.59. The Kier molecular flexibility index (Phi) is 3.82. The van der Waals surface area contributed by atoms with Gasteiger partial charge in [0.25, 0.3) is 5.92 Å². The van der Waals surface area contributed by atoms with Gasteiger partial charge in [0.05, 0.1) is 6.42 Å². The molecule has 0 spiro atoms. The van der Waals surface area contributed by atoms with Gasteiger partial charge in [0.2, 0.25) is 0 Å². The highest BCUT2D eigenvalue weighted by atomic mass is 19.3. The van der Waals surface area contributed by atoms with E-state index in [1.54, 1.807) is 13.8 Å². The molecule has 2 rings (SSSR count). The highest BCUT2D eigenvalue weighted by Crippen LogP contribution is 2.45. The lowest BCUT2D eigenvalue weighted by Crippen LogP contribution is -2.26. The zero-order valence-corrected chi connectivity index (χ0v) is 12.2. The minimum absolute atomic E-state index is 0.193. The number of ether oxygens (including phenoxy) is 2. The predicted molar refractivity (Wildman–Crippen MR) is 72.3 cm³/mol. The Morgan fingerprint density at radius 1 is 1.24 bits per heavy atom. The van der Waals surface area contributed by atoms with E-state index in [-0.39, 0.29) is 24.3 Å². The number of alkyl halides is 2. The lowest BCUT2D eigenvalue weighted by atomic mass is 9.79. The summed E-state index contributed by atoms with van der Waals surface area (Å²) in [6.07, 6.45) is -0.193. The standard InChI is InChI=1S/C15H18F2O4/c1-14(2,8-12(18)19)10-6-9(15(3,16)17)7-11-13(10)21-5-4-20-11/h6-7H,4-5,8H2,1-3H3,(H,18,19). The molecule has 0 saturated heterocycles. The van der Waals surface area contributed by atoms with Gasteiger partial charge in [-0.05, 0) is 12.1 Å². The van der Waals surface area contributed by atoms with Crippen LogP contribution in [0.2, 0.25) is 0 Å². The third-order valence-corrected chi connectivity index (χ3v) is 3.47. The molecule has 6 heteroatoms. The van der Waals surface area contributed by atoms with Crippen molar-refractivity contribution < 1.29 is 28.2 Å². The van der Waals surface area contributed by atoms with Gasteiger partial charge in [-0.2, -0.15) is 0 Å². The molecule has 1 aromatic carbocycles. The summed E-state index contributed by atoms with van der Waals surface area (Å²) in [6, 6.07) is 2.57. The van der Waals surface area contributed by atoms with Crippen molar-refractivity contribution >= 4 is 5.97 Å². The number of aliphatic carboxylic acids is 1. The SMILES string of the molecule is CC(F)(F)c1cc2c(c(C(C)(C)CC(=O)O)c1)OCCO2. The first-order valence-electron chi connectivity index (χ1n) is 6.65. The zero-order chi connectivity index (χ0) is 15.8. The van der Waals surface area contributed by atoms with Gasteiger partial charge in [-0.1, -0.05) is 13.8 Å². The van der Waals surface area contributed by atoms with Crippen LogP contribution < -0.4 is 9.47 Å². The third-order valence-electron chi connectivity index (χ3n) is 3.47. The average Bonchev–Trinajstić information content (AvgIpc) is 2.34. The molecule has 0 bridgehead atoms. The molecule has 4 nitrogen and oxygen atoms in total. The van der Waals surface area contributed by atoms with Gasteiger partial charge < -0.3 is 14.6 Å². The number of benzene rings is 1. The van der Waals surface area contributed by atoms with Gasteiger partial charge in [0.15, 0.2) is 11.5 Å². The number of rotatable bonds is 4. The normalized spacial score (nSPS) is 14.9. The van der Waals surface area contributed by atoms with E-state index < -0.39 is 17.3 Å². The highest BCUT2D eigenvalue weighted by molar-refractivity contribution is 5.70. The molecular weight excluding hydrogens is 282 g/mol. The summed E-state index contributed by atoms with van der Waals surface area (Å²) in [4.78, 5) is 11.0. The largest absolute Gasteiger partial charge is 0.486 e. The molecule has 21 heavy (non-hydrogen) atoms. The first kappa shape index (κ1) is 15.5. The van der Waals surface area contributed by atoms with E-state index >= 15 is 0 Å². The van der Waals surface area contributed by atoms with Crippen molar-refractivity contribution in [3.63, 3.8) is 0 Å². The van der Waals surface area contributed by atoms with E-state index in [4.69, 9.17) is 14.6 Å². The number of hydrogen-bond donors (Lipinski definition) is 1. The van der Waals surface area contributed by atoms with Gasteiger partial charge in [0.1, 0.15) is 13.2 Å². The number of carbonyl (C=O) groups is 1. The number of carboxylic acid groups (broad SMARTS) is 1. The van der Waals surface area contributed by atoms with Crippen LogP contribution in [0, 0.1) is 0 Å². The molecule has 0 unspecified atom stereocenters. The first-order valence-corrected chi connectivity index (χ1v) is 6.65. The lowest BCUT2D eigenvalue weighted by molar-refractivity contribution is -0.138. The molecule has 0 atom stereocenters. The molecule has 0 amide bonds. The van der Waals surface area contributed by atoms with E-state index in [1.165, 1.54) is 12.1 Å². The van der Waals surface area contributed by atoms with Gasteiger partial charge >= 0.3 is 5.97 Å². The molecule has 1 aromatic rings. The fourth-order valence-corrected chi connectivity index (χ4v) is 2.38. The Hall–Kier alpha value is -1.85. The number of carboxylic acids is 1. The first-order chi connectivity index (χ1) is 9.61. The molecular formula is C15H18F2O4. The topological polar surface area (TPSA) is 55.8 Å². The Morgan fingerprint density at radius 2 is 1.86 bits per heavy atom. The molecule has 0 aliphatic carbocycles. The van der Waals surface area contributed by atoms with Crippen LogP contribution in [0.4, 0.5) is 8.78 Å². The maximum Gasteiger partial charge on any atom is 0.304 e. The quantitative estimate of drug-likeness (QED) is 0.926. The molecule has 0 aromatic heterocycles. The molecule has 1 N–H and O–H groups in total. The molecule has 1 aliphatic rings. The summed E-state index contributed by atoms with van der Waals surface area (Å²) >= 11 is 0. The van der Waals surface area contributed by atoms with Crippen LogP contribution in [-0.2, 0) is 16.1 Å². The summed E-state index contributed by atoms with van der Waals surface area (Å²) in [5, 5.41) is 9.02. The average molecular weight is 300 g/mol. The van der Waals surface area contributed by atoms with Gasteiger partial charge in [0, 0.05) is 23.5 Å². The maximum absolute atomic E-state index is 13.6. The molecule has 116 valence electrons. The Labute approximate surface area is 121 Å². The molecule has 1 aliphatic heterocycles. The Morgan fingerprint density at radius 3 is 2.43 bits per heavy atom. The molecule has 1 heterocycles. The van der Waals surface area contributed by atoms with Crippen molar-refractivity contribution in [1.82, 2.24) is 0 Å². The second-order valence-corrected chi connectivity index (χ2v) is 5.89. The summed E-state index contributed by atoms with van der Waals surface area (Å²) in [6.45, 7) is 4.76. The third kappa shape index (κ3) is 3.25. The molecule has 0 radical (unpaired) electrons. The predicted octanol–water partition coefficient (Wildman–Crippen LogP) is 3.32. The number of fused-ring (bicyclic) bond motifs is 1. The van der Waals surface area contributed by atoms with Crippen LogP contribution in [0.5, 0.6) is 11.5 Å². The van der Waals surface area contributed by atoms with E-state index in [0.717, 1.165) is 6.92 Å². The van der Waals surface area contributed by atoms with Crippen molar-refractivity contribution in [3.8, 4) is 11.5 Å². The fourth-order valence-electron chi connectivity index (χ4n) is 2.38. The zero-order valence-electron chi connectivity index (χ0n) is 12.2. The van der Waals surface area contributed by atoms with Crippen molar-refractivity contribution in [2.75, 3.05) is 13.2 Å². The summed E-state index contributed by atoms with van der Waals surface area (Å²) < 4.78 is 38.2. The summed E-state index contributed by atoms with van der Waals surface area (Å²) in [7, 11) is 0. The van der Waals surface area contributed by atoms with Crippen LogP contribution in [0.3, 0.4) is 0 Å². The number of halogens is 2. The minimum Gasteiger partial charge on any atom is -0.486 e. The van der Waals surface area contributed by atoms with Crippen molar-refractivity contribution in [2.24, 2.45) is 0 Å². The summed E-state index contributed by atoms with van der Waals surface area (Å²) in [5.74, 6) is -3.43. The van der Waals surface area contributed by atoms with Crippen LogP contribution in [0.15, 0.2) is 12.1 Å². The van der Waals surface area contributed by atoms with Crippen molar-refractivity contribution in [3.05, 3.63) is 23.3 Å². The van der Waals surface area contributed by atoms with Crippen LogP contribution >= 0.6 is 0 Å². The van der Waals surface area contributed by atoms with E-state index in [2.05, 4.69) is 0 Å². The Bertz CT molecular complexity index is 562. The monoisotopic (exact) mass is 300 g/mol. The van der Waals surface area contributed by atoms with Gasteiger partial charge in [-0.25, -0.2) is 8.78 Å². The molecule has 0 saturated carbocycles. The second kappa shape index (κ2) is 5.16. The van der Waals surface area contributed by atoms with Gasteiger partial charge in [-0.15, -0.1) is 0 Å². The van der Waals surface area contributed by atoms with E-state index in [0.29, 0.717) is 17.9 Å².